The van der Waals surface area contributed by atoms with Crippen LogP contribution in [0, 0.1) is 11.8 Å². The fourth-order valence-corrected chi connectivity index (χ4v) is 2.19. The molecule has 0 radical (unpaired) electrons. The van der Waals surface area contributed by atoms with Gasteiger partial charge in [-0.1, -0.05) is 32.9 Å². The van der Waals surface area contributed by atoms with Crippen LogP contribution in [-0.2, 0) is 11.3 Å². The molecular weight excluding hydrogens is 306 g/mol. The van der Waals surface area contributed by atoms with Crippen LogP contribution in [0.4, 0.5) is 0 Å². The minimum Gasteiger partial charge on any atom is -0.476 e. The van der Waals surface area contributed by atoms with Crippen LogP contribution in [0.1, 0.15) is 43.2 Å². The van der Waals surface area contributed by atoms with Gasteiger partial charge in [-0.3, -0.25) is 4.79 Å². The number of carboxylic acids is 1. The van der Waals surface area contributed by atoms with Gasteiger partial charge in [0, 0.05) is 19.2 Å². The number of nitrogens with zero attached hydrogens (tertiary/aromatic N) is 2. The highest BCUT2D eigenvalue weighted by Gasteiger charge is 2.12. The lowest BCUT2D eigenvalue weighted by molar-refractivity contribution is -0.122. The van der Waals surface area contributed by atoms with E-state index in [2.05, 4.69) is 31.2 Å². The van der Waals surface area contributed by atoms with Gasteiger partial charge in [-0.15, -0.1) is 0 Å². The lowest BCUT2D eigenvalue weighted by Gasteiger charge is -2.15. The highest BCUT2D eigenvalue weighted by Crippen LogP contribution is 2.14. The van der Waals surface area contributed by atoms with Crippen LogP contribution in [-0.4, -0.2) is 26.8 Å². The number of carbonyl (C=O) groups is 2. The number of hydrogen-bond acceptors (Lipinski definition) is 3. The normalized spacial score (nSPS) is 12.2. The van der Waals surface area contributed by atoms with Crippen molar-refractivity contribution in [2.45, 2.75) is 33.7 Å². The smallest absolute Gasteiger partial charge is 0.356 e. The van der Waals surface area contributed by atoms with Crippen molar-refractivity contribution in [3.63, 3.8) is 0 Å². The topological polar surface area (TPSA) is 84.2 Å². The largest absolute Gasteiger partial charge is 0.476 e. The Morgan fingerprint density at radius 1 is 1.25 bits per heavy atom. The molecule has 1 unspecified atom stereocenters. The molecule has 0 spiro atoms. The first-order valence-electron chi connectivity index (χ1n) is 8.01. The van der Waals surface area contributed by atoms with E-state index in [4.69, 9.17) is 5.11 Å². The van der Waals surface area contributed by atoms with Gasteiger partial charge in [-0.25, -0.2) is 9.48 Å². The standard InChI is InChI=1S/C18H23N3O3/c1-12(2)13(3)9-17(22)19-11-14-5-4-6-15(10-14)21-8-7-16(20-21)18(23)24/h4-8,10,12-13H,9,11H2,1-3H3,(H,19,22)(H,23,24). The molecule has 0 saturated heterocycles. The molecule has 2 aromatic rings. The average molecular weight is 329 g/mol. The fraction of sp³-hybridized carbons (Fsp3) is 0.389. The van der Waals surface area contributed by atoms with Gasteiger partial charge in [0.25, 0.3) is 0 Å². The summed E-state index contributed by atoms with van der Waals surface area (Å²) in [6.07, 6.45) is 2.12. The van der Waals surface area contributed by atoms with E-state index in [0.29, 0.717) is 24.8 Å². The Hall–Kier alpha value is -2.63. The van der Waals surface area contributed by atoms with E-state index in [1.807, 2.05) is 24.3 Å². The number of nitrogens with one attached hydrogen (secondary N) is 1. The first kappa shape index (κ1) is 17.7. The monoisotopic (exact) mass is 329 g/mol. The number of rotatable bonds is 7. The van der Waals surface area contributed by atoms with Crippen molar-refractivity contribution in [2.75, 3.05) is 0 Å². The third-order valence-electron chi connectivity index (χ3n) is 4.12. The van der Waals surface area contributed by atoms with E-state index in [9.17, 15) is 9.59 Å². The number of carboxylic acid groups (broad SMARTS) is 1. The maximum atomic E-state index is 12.0. The van der Waals surface area contributed by atoms with Crippen molar-refractivity contribution in [3.8, 4) is 5.69 Å². The van der Waals surface area contributed by atoms with Gasteiger partial charge >= 0.3 is 5.97 Å². The van der Waals surface area contributed by atoms with Crippen molar-refractivity contribution >= 4 is 11.9 Å². The summed E-state index contributed by atoms with van der Waals surface area (Å²) in [6.45, 7) is 6.72. The Balaban J connectivity index is 2.00. The number of aromatic carboxylic acids is 1. The number of aromatic nitrogens is 2. The van der Waals surface area contributed by atoms with E-state index >= 15 is 0 Å². The Kier molecular flexibility index (Phi) is 5.73. The average Bonchev–Trinajstić information content (AvgIpc) is 3.03. The molecule has 0 aliphatic heterocycles. The molecule has 0 bridgehead atoms. The van der Waals surface area contributed by atoms with Gasteiger partial charge in [-0.2, -0.15) is 5.10 Å². The summed E-state index contributed by atoms with van der Waals surface area (Å²) in [5, 5.41) is 15.9. The van der Waals surface area contributed by atoms with Gasteiger partial charge < -0.3 is 10.4 Å². The first-order chi connectivity index (χ1) is 11.4. The van der Waals surface area contributed by atoms with E-state index < -0.39 is 5.97 Å². The van der Waals surface area contributed by atoms with Crippen molar-refractivity contribution in [3.05, 3.63) is 47.8 Å². The third kappa shape index (κ3) is 4.68. The Morgan fingerprint density at radius 3 is 2.62 bits per heavy atom. The Labute approximate surface area is 141 Å². The second kappa shape index (κ2) is 7.77. The van der Waals surface area contributed by atoms with E-state index in [1.165, 1.54) is 10.7 Å². The highest BCUT2D eigenvalue weighted by molar-refractivity contribution is 5.85. The summed E-state index contributed by atoms with van der Waals surface area (Å²) >= 11 is 0. The van der Waals surface area contributed by atoms with Crippen LogP contribution < -0.4 is 5.32 Å². The van der Waals surface area contributed by atoms with E-state index in [-0.39, 0.29) is 11.6 Å². The van der Waals surface area contributed by atoms with E-state index in [0.717, 1.165) is 11.3 Å². The lowest BCUT2D eigenvalue weighted by Crippen LogP contribution is -2.25. The van der Waals surface area contributed by atoms with Crippen LogP contribution in [0.3, 0.4) is 0 Å². The van der Waals surface area contributed by atoms with Crippen LogP contribution in [0.2, 0.25) is 0 Å². The number of carbonyl (C=O) groups excluding carboxylic acids is 1. The zero-order valence-electron chi connectivity index (χ0n) is 14.2. The van der Waals surface area contributed by atoms with E-state index in [1.54, 1.807) is 6.20 Å². The zero-order valence-corrected chi connectivity index (χ0v) is 14.2. The molecular formula is C18H23N3O3. The predicted molar refractivity (Wildman–Crippen MR) is 91.0 cm³/mol. The van der Waals surface area contributed by atoms with Gasteiger partial charge in [0.1, 0.15) is 0 Å². The van der Waals surface area contributed by atoms with Crippen molar-refractivity contribution in [2.24, 2.45) is 11.8 Å². The molecule has 0 aliphatic rings. The Bertz CT molecular complexity index is 722. The maximum Gasteiger partial charge on any atom is 0.356 e. The molecule has 0 saturated carbocycles. The molecule has 0 aliphatic carbocycles. The summed E-state index contributed by atoms with van der Waals surface area (Å²) in [7, 11) is 0. The molecule has 2 N–H and O–H groups in total. The number of amides is 1. The maximum absolute atomic E-state index is 12.0. The molecule has 1 aromatic carbocycles. The fourth-order valence-electron chi connectivity index (χ4n) is 2.19. The first-order valence-corrected chi connectivity index (χ1v) is 8.01. The number of hydrogen-bond donors (Lipinski definition) is 2. The van der Waals surface area contributed by atoms with Crippen LogP contribution in [0.25, 0.3) is 5.69 Å². The SMILES string of the molecule is CC(C)C(C)CC(=O)NCc1cccc(-n2ccc(C(=O)O)n2)c1. The minimum atomic E-state index is -1.06. The summed E-state index contributed by atoms with van der Waals surface area (Å²) in [4.78, 5) is 22.9. The van der Waals surface area contributed by atoms with Crippen molar-refractivity contribution in [1.82, 2.24) is 15.1 Å². The second-order valence-electron chi connectivity index (χ2n) is 6.32. The molecule has 6 heteroatoms. The van der Waals surface area contributed by atoms with Crippen molar-refractivity contribution < 1.29 is 14.7 Å². The molecule has 1 atom stereocenters. The predicted octanol–water partition coefficient (Wildman–Crippen LogP) is 2.87. The summed E-state index contributed by atoms with van der Waals surface area (Å²) in [6, 6.07) is 8.94. The molecule has 128 valence electrons. The molecule has 2 rings (SSSR count). The summed E-state index contributed by atoms with van der Waals surface area (Å²) in [5.41, 5.74) is 1.69. The highest BCUT2D eigenvalue weighted by atomic mass is 16.4. The van der Waals surface area contributed by atoms with Gasteiger partial charge in [-0.05, 0) is 35.6 Å². The van der Waals surface area contributed by atoms with Crippen LogP contribution in [0.5, 0.6) is 0 Å². The zero-order chi connectivity index (χ0) is 17.7. The second-order valence-corrected chi connectivity index (χ2v) is 6.32. The molecule has 1 amide bonds. The third-order valence-corrected chi connectivity index (χ3v) is 4.12. The quantitative estimate of drug-likeness (QED) is 0.818. The van der Waals surface area contributed by atoms with Crippen LogP contribution >= 0.6 is 0 Å². The molecule has 6 nitrogen and oxygen atoms in total. The number of benzene rings is 1. The molecule has 24 heavy (non-hydrogen) atoms. The van der Waals surface area contributed by atoms with Gasteiger partial charge in [0.15, 0.2) is 5.69 Å². The van der Waals surface area contributed by atoms with Crippen molar-refractivity contribution in [1.29, 1.82) is 0 Å². The van der Waals surface area contributed by atoms with Crippen LogP contribution in [0.15, 0.2) is 36.5 Å². The summed E-state index contributed by atoms with van der Waals surface area (Å²) in [5.74, 6) is -0.206. The van der Waals surface area contributed by atoms with Gasteiger partial charge in [0.2, 0.25) is 5.91 Å². The molecule has 0 fully saturated rings. The molecule has 1 aromatic heterocycles. The van der Waals surface area contributed by atoms with Gasteiger partial charge in [0.05, 0.1) is 5.69 Å². The Morgan fingerprint density at radius 2 is 2.00 bits per heavy atom. The molecule has 1 heterocycles. The lowest BCUT2D eigenvalue weighted by atomic mass is 9.94. The minimum absolute atomic E-state index is 0.00335. The summed E-state index contributed by atoms with van der Waals surface area (Å²) < 4.78 is 1.51.